The van der Waals surface area contributed by atoms with E-state index in [0.717, 1.165) is 45.0 Å². The number of nitrogens with zero attached hydrogens (tertiary/aromatic N) is 2. The molecular formula is C13H21Cl2N3O3. The maximum absolute atomic E-state index is 10.7. The molecule has 6 nitrogen and oxygen atoms in total. The van der Waals surface area contributed by atoms with Gasteiger partial charge in [-0.15, -0.1) is 24.8 Å². The number of halogens is 2. The molecule has 21 heavy (non-hydrogen) atoms. The van der Waals surface area contributed by atoms with E-state index in [1.807, 2.05) is 6.07 Å². The summed E-state index contributed by atoms with van der Waals surface area (Å²) in [5.41, 5.74) is 1.09. The molecule has 0 aliphatic carbocycles. The average molecular weight is 338 g/mol. The van der Waals surface area contributed by atoms with Crippen LogP contribution in [0.2, 0.25) is 0 Å². The van der Waals surface area contributed by atoms with Crippen molar-refractivity contribution < 1.29 is 9.66 Å². The van der Waals surface area contributed by atoms with Gasteiger partial charge in [-0.2, -0.15) is 0 Å². The quantitative estimate of drug-likeness (QED) is 0.487. The van der Waals surface area contributed by atoms with E-state index in [1.54, 1.807) is 12.1 Å². The standard InChI is InChI=1S/C13H19N3O3.2ClH/c17-16(18)13-3-1-2-12(10-13)11-14-4-5-15-6-8-19-9-7-15;;/h1-3,10,14H,4-9,11H2;2*1H. The fourth-order valence-corrected chi connectivity index (χ4v) is 2.07. The fourth-order valence-electron chi connectivity index (χ4n) is 2.07. The van der Waals surface area contributed by atoms with Gasteiger partial charge in [-0.25, -0.2) is 0 Å². The van der Waals surface area contributed by atoms with Crippen LogP contribution in [0.1, 0.15) is 5.56 Å². The smallest absolute Gasteiger partial charge is 0.269 e. The van der Waals surface area contributed by atoms with Gasteiger partial charge in [0.2, 0.25) is 0 Å². The zero-order valence-corrected chi connectivity index (χ0v) is 13.3. The molecule has 1 N–H and O–H groups in total. The molecule has 0 saturated carbocycles. The van der Waals surface area contributed by atoms with Crippen molar-refractivity contribution in [1.82, 2.24) is 10.2 Å². The summed E-state index contributed by atoms with van der Waals surface area (Å²) in [4.78, 5) is 12.6. The number of non-ortho nitro benzene ring substituents is 1. The van der Waals surface area contributed by atoms with Crippen molar-refractivity contribution in [1.29, 1.82) is 0 Å². The molecule has 0 bridgehead atoms. The van der Waals surface area contributed by atoms with Crippen LogP contribution in [-0.4, -0.2) is 49.2 Å². The molecule has 0 unspecified atom stereocenters. The van der Waals surface area contributed by atoms with Gasteiger partial charge in [0.25, 0.3) is 5.69 Å². The van der Waals surface area contributed by atoms with E-state index in [9.17, 15) is 10.1 Å². The van der Waals surface area contributed by atoms with Crippen LogP contribution < -0.4 is 5.32 Å². The Morgan fingerprint density at radius 2 is 2.00 bits per heavy atom. The molecule has 120 valence electrons. The number of benzene rings is 1. The van der Waals surface area contributed by atoms with E-state index in [4.69, 9.17) is 4.74 Å². The van der Waals surface area contributed by atoms with Crippen LogP contribution in [0.15, 0.2) is 24.3 Å². The summed E-state index contributed by atoms with van der Waals surface area (Å²) in [6.07, 6.45) is 0. The highest BCUT2D eigenvalue weighted by molar-refractivity contribution is 5.85. The van der Waals surface area contributed by atoms with Crippen molar-refractivity contribution in [2.75, 3.05) is 39.4 Å². The van der Waals surface area contributed by atoms with Crippen molar-refractivity contribution >= 4 is 30.5 Å². The minimum absolute atomic E-state index is 0. The van der Waals surface area contributed by atoms with Crippen LogP contribution in [0, 0.1) is 10.1 Å². The van der Waals surface area contributed by atoms with E-state index in [0.29, 0.717) is 6.54 Å². The Balaban J connectivity index is 0.00000200. The van der Waals surface area contributed by atoms with Crippen molar-refractivity contribution in [3.63, 3.8) is 0 Å². The minimum Gasteiger partial charge on any atom is -0.379 e. The van der Waals surface area contributed by atoms with Gasteiger partial charge < -0.3 is 10.1 Å². The number of nitro benzene ring substituents is 1. The first-order valence-corrected chi connectivity index (χ1v) is 6.50. The molecule has 1 aliphatic rings. The molecule has 0 aromatic heterocycles. The second-order valence-corrected chi connectivity index (χ2v) is 4.56. The number of nitrogens with one attached hydrogen (secondary N) is 1. The minimum atomic E-state index is -0.364. The lowest BCUT2D eigenvalue weighted by atomic mass is 10.2. The zero-order valence-electron chi connectivity index (χ0n) is 11.7. The van der Waals surface area contributed by atoms with Crippen LogP contribution in [0.25, 0.3) is 0 Å². The number of morpholine rings is 1. The Bertz CT molecular complexity index is 429. The molecule has 1 aliphatic heterocycles. The predicted octanol–water partition coefficient (Wildman–Crippen LogP) is 1.86. The molecule has 8 heteroatoms. The Morgan fingerprint density at radius 3 is 2.67 bits per heavy atom. The molecular weight excluding hydrogens is 317 g/mol. The van der Waals surface area contributed by atoms with Crippen molar-refractivity contribution in [3.05, 3.63) is 39.9 Å². The number of rotatable bonds is 6. The second kappa shape index (κ2) is 10.8. The Labute approximate surface area is 136 Å². The number of ether oxygens (including phenoxy) is 1. The van der Waals surface area contributed by atoms with Gasteiger partial charge in [0.15, 0.2) is 0 Å². The predicted molar refractivity (Wildman–Crippen MR) is 86.6 cm³/mol. The fraction of sp³-hybridized carbons (Fsp3) is 0.538. The first-order chi connectivity index (χ1) is 9.25. The normalized spacial score (nSPS) is 14.9. The molecule has 1 aromatic carbocycles. The van der Waals surface area contributed by atoms with Gasteiger partial charge in [-0.1, -0.05) is 12.1 Å². The highest BCUT2D eigenvalue weighted by Gasteiger charge is 2.09. The van der Waals surface area contributed by atoms with E-state index in [2.05, 4.69) is 10.2 Å². The lowest BCUT2D eigenvalue weighted by Crippen LogP contribution is -2.40. The third-order valence-corrected chi connectivity index (χ3v) is 3.16. The van der Waals surface area contributed by atoms with Crippen molar-refractivity contribution in [3.8, 4) is 0 Å². The summed E-state index contributed by atoms with van der Waals surface area (Å²) < 4.78 is 5.29. The monoisotopic (exact) mass is 337 g/mol. The van der Waals surface area contributed by atoms with Gasteiger partial charge in [0, 0.05) is 44.9 Å². The molecule has 0 spiro atoms. The number of hydrogen-bond acceptors (Lipinski definition) is 5. The zero-order chi connectivity index (χ0) is 13.5. The molecule has 1 heterocycles. The summed E-state index contributed by atoms with van der Waals surface area (Å²) in [5.74, 6) is 0. The molecule has 2 rings (SSSR count). The molecule has 1 fully saturated rings. The van der Waals surface area contributed by atoms with Gasteiger partial charge in [0.1, 0.15) is 0 Å². The summed E-state index contributed by atoms with van der Waals surface area (Å²) in [7, 11) is 0. The third-order valence-electron chi connectivity index (χ3n) is 3.16. The van der Waals surface area contributed by atoms with Gasteiger partial charge in [-0.3, -0.25) is 15.0 Å². The Kier molecular flexibility index (Phi) is 10.3. The maximum Gasteiger partial charge on any atom is 0.269 e. The summed E-state index contributed by atoms with van der Waals surface area (Å²) in [6, 6.07) is 6.74. The third kappa shape index (κ3) is 7.06. The largest absolute Gasteiger partial charge is 0.379 e. The molecule has 0 atom stereocenters. The summed E-state index contributed by atoms with van der Waals surface area (Å²) in [6.45, 7) is 6.11. The van der Waals surface area contributed by atoms with E-state index < -0.39 is 0 Å². The van der Waals surface area contributed by atoms with Crippen molar-refractivity contribution in [2.45, 2.75) is 6.54 Å². The van der Waals surface area contributed by atoms with Crippen LogP contribution in [0.5, 0.6) is 0 Å². The Hall–Kier alpha value is -0.920. The van der Waals surface area contributed by atoms with Gasteiger partial charge >= 0.3 is 0 Å². The van der Waals surface area contributed by atoms with E-state index >= 15 is 0 Å². The van der Waals surface area contributed by atoms with Crippen LogP contribution in [-0.2, 0) is 11.3 Å². The molecule has 1 saturated heterocycles. The average Bonchev–Trinajstić information content (AvgIpc) is 2.45. The van der Waals surface area contributed by atoms with E-state index in [-0.39, 0.29) is 35.4 Å². The first-order valence-electron chi connectivity index (χ1n) is 6.50. The lowest BCUT2D eigenvalue weighted by molar-refractivity contribution is -0.384. The van der Waals surface area contributed by atoms with Crippen LogP contribution in [0.3, 0.4) is 0 Å². The number of nitro groups is 1. The second-order valence-electron chi connectivity index (χ2n) is 4.56. The lowest BCUT2D eigenvalue weighted by Gasteiger charge is -2.26. The Morgan fingerprint density at radius 1 is 1.29 bits per heavy atom. The van der Waals surface area contributed by atoms with E-state index in [1.165, 1.54) is 6.07 Å². The van der Waals surface area contributed by atoms with Crippen LogP contribution in [0.4, 0.5) is 5.69 Å². The highest BCUT2D eigenvalue weighted by Crippen LogP contribution is 2.12. The number of hydrogen-bond donors (Lipinski definition) is 1. The summed E-state index contributed by atoms with van der Waals surface area (Å²) in [5, 5.41) is 14.0. The van der Waals surface area contributed by atoms with Crippen LogP contribution >= 0.6 is 24.8 Å². The molecule has 1 aromatic rings. The van der Waals surface area contributed by atoms with Gasteiger partial charge in [-0.05, 0) is 5.56 Å². The highest BCUT2D eigenvalue weighted by atomic mass is 35.5. The van der Waals surface area contributed by atoms with Crippen molar-refractivity contribution in [2.24, 2.45) is 0 Å². The maximum atomic E-state index is 10.7. The van der Waals surface area contributed by atoms with Gasteiger partial charge in [0.05, 0.1) is 18.1 Å². The molecule has 0 amide bonds. The molecule has 0 radical (unpaired) electrons. The SMILES string of the molecule is Cl.Cl.O=[N+]([O-])c1cccc(CNCCN2CCOCC2)c1. The summed E-state index contributed by atoms with van der Waals surface area (Å²) >= 11 is 0. The first kappa shape index (κ1) is 20.1. The topological polar surface area (TPSA) is 67.6 Å².